The third-order valence-corrected chi connectivity index (χ3v) is 5.71. The molecule has 4 rings (SSSR count). The molecule has 1 atom stereocenters. The summed E-state index contributed by atoms with van der Waals surface area (Å²) in [5.74, 6) is -2.10. The zero-order valence-electron chi connectivity index (χ0n) is 19.8. The van der Waals surface area contributed by atoms with Gasteiger partial charge in [-0.3, -0.25) is 14.5 Å². The van der Waals surface area contributed by atoms with Crippen LogP contribution in [0.25, 0.3) is 11.0 Å². The highest BCUT2D eigenvalue weighted by Gasteiger charge is 2.33. The monoisotopic (exact) mass is 493 g/mol. The molecule has 0 saturated heterocycles. The van der Waals surface area contributed by atoms with Gasteiger partial charge in [0.15, 0.2) is 0 Å². The summed E-state index contributed by atoms with van der Waals surface area (Å²) in [5.41, 5.74) is 2.14. The van der Waals surface area contributed by atoms with Crippen LogP contribution < -0.4 is 10.2 Å². The zero-order valence-corrected chi connectivity index (χ0v) is 19.8. The number of fused-ring (bicyclic) bond motifs is 1. The Bertz CT molecular complexity index is 1370. The van der Waals surface area contributed by atoms with Crippen LogP contribution >= 0.6 is 0 Å². The standard InChI is InChI=1S/C26H25F2N5O3/c1-17-7-12-20(15-21(17)28)33(24(34)16-32-23-6-4-3-5-22(23)30-31-32)25(26(35)29-13-14-36-2)18-8-10-19(27)11-9-18/h3-12,15,25H,13-14,16H2,1-2H3,(H,29,35). The van der Waals surface area contributed by atoms with Gasteiger partial charge < -0.3 is 10.1 Å². The maximum absolute atomic E-state index is 14.6. The molecule has 0 aliphatic rings. The van der Waals surface area contributed by atoms with E-state index in [2.05, 4.69) is 15.6 Å². The number of methoxy groups -OCH3 is 1. The molecule has 1 unspecified atom stereocenters. The smallest absolute Gasteiger partial charge is 0.249 e. The number of amides is 2. The first-order chi connectivity index (χ1) is 17.4. The van der Waals surface area contributed by atoms with Crippen LogP contribution in [0, 0.1) is 18.6 Å². The van der Waals surface area contributed by atoms with Crippen LogP contribution in [-0.2, 0) is 20.9 Å². The summed E-state index contributed by atoms with van der Waals surface area (Å²) in [6.07, 6.45) is 0. The number of hydrogen-bond donors (Lipinski definition) is 1. The lowest BCUT2D eigenvalue weighted by molar-refractivity contribution is -0.127. The van der Waals surface area contributed by atoms with Gasteiger partial charge in [-0.05, 0) is 54.4 Å². The molecule has 0 spiro atoms. The molecule has 0 aliphatic heterocycles. The second-order valence-electron chi connectivity index (χ2n) is 8.17. The third-order valence-electron chi connectivity index (χ3n) is 5.71. The summed E-state index contributed by atoms with van der Waals surface area (Å²) in [5, 5.41) is 10.9. The van der Waals surface area contributed by atoms with E-state index >= 15 is 0 Å². The number of aryl methyl sites for hydroxylation is 1. The van der Waals surface area contributed by atoms with E-state index in [4.69, 9.17) is 4.74 Å². The van der Waals surface area contributed by atoms with Gasteiger partial charge in [-0.1, -0.05) is 35.5 Å². The number of anilines is 1. The molecule has 0 fully saturated rings. The number of halogens is 2. The first-order valence-electron chi connectivity index (χ1n) is 11.3. The fourth-order valence-corrected chi connectivity index (χ4v) is 3.84. The first kappa shape index (κ1) is 24.9. The number of hydrogen-bond acceptors (Lipinski definition) is 5. The van der Waals surface area contributed by atoms with Crippen molar-refractivity contribution < 1.29 is 23.1 Å². The molecule has 1 N–H and O–H groups in total. The van der Waals surface area contributed by atoms with Crippen LogP contribution in [0.5, 0.6) is 0 Å². The highest BCUT2D eigenvalue weighted by atomic mass is 19.1. The van der Waals surface area contributed by atoms with Crippen molar-refractivity contribution in [2.75, 3.05) is 25.2 Å². The molecule has 186 valence electrons. The van der Waals surface area contributed by atoms with E-state index in [1.807, 2.05) is 0 Å². The number of para-hydroxylation sites is 1. The minimum Gasteiger partial charge on any atom is -0.383 e. The molecule has 2 amide bonds. The number of aromatic nitrogens is 3. The SMILES string of the molecule is COCCNC(=O)C(c1ccc(F)cc1)N(C(=O)Cn1nnc2ccccc21)c1ccc(C)c(F)c1. The number of carbonyl (C=O) groups is 2. The van der Waals surface area contributed by atoms with E-state index in [1.54, 1.807) is 37.3 Å². The Balaban J connectivity index is 1.79. The van der Waals surface area contributed by atoms with E-state index in [0.29, 0.717) is 22.2 Å². The lowest BCUT2D eigenvalue weighted by atomic mass is 10.0. The largest absolute Gasteiger partial charge is 0.383 e. The number of rotatable bonds is 9. The number of nitrogens with zero attached hydrogens (tertiary/aromatic N) is 4. The Morgan fingerprint density at radius 2 is 1.83 bits per heavy atom. The van der Waals surface area contributed by atoms with E-state index in [0.717, 1.165) is 0 Å². The zero-order chi connectivity index (χ0) is 25.7. The Morgan fingerprint density at radius 3 is 2.56 bits per heavy atom. The Labute approximate surface area is 206 Å². The summed E-state index contributed by atoms with van der Waals surface area (Å²) in [4.78, 5) is 28.4. The Hall–Kier alpha value is -4.18. The predicted molar refractivity (Wildman–Crippen MR) is 130 cm³/mol. The van der Waals surface area contributed by atoms with Gasteiger partial charge in [-0.15, -0.1) is 5.10 Å². The van der Waals surface area contributed by atoms with Crippen LogP contribution in [0.1, 0.15) is 17.2 Å². The topological polar surface area (TPSA) is 89.4 Å². The van der Waals surface area contributed by atoms with E-state index in [-0.39, 0.29) is 25.4 Å². The minimum atomic E-state index is -1.22. The van der Waals surface area contributed by atoms with E-state index < -0.39 is 29.5 Å². The van der Waals surface area contributed by atoms with Crippen molar-refractivity contribution >= 4 is 28.5 Å². The molecule has 3 aromatic carbocycles. The molecular weight excluding hydrogens is 468 g/mol. The second-order valence-corrected chi connectivity index (χ2v) is 8.17. The van der Waals surface area contributed by atoms with Gasteiger partial charge >= 0.3 is 0 Å². The number of ether oxygens (including phenoxy) is 1. The Morgan fingerprint density at radius 1 is 1.08 bits per heavy atom. The van der Waals surface area contributed by atoms with Gasteiger partial charge in [0.25, 0.3) is 0 Å². The van der Waals surface area contributed by atoms with E-state index in [1.165, 1.54) is 53.1 Å². The summed E-state index contributed by atoms with van der Waals surface area (Å²) in [7, 11) is 1.50. The molecular formula is C26H25F2N5O3. The second kappa shape index (κ2) is 11.0. The highest BCUT2D eigenvalue weighted by Crippen LogP contribution is 2.30. The molecule has 0 saturated carbocycles. The van der Waals surface area contributed by atoms with Crippen molar-refractivity contribution in [1.29, 1.82) is 0 Å². The fourth-order valence-electron chi connectivity index (χ4n) is 3.84. The summed E-state index contributed by atoms with van der Waals surface area (Å²) < 4.78 is 34.8. The molecule has 10 heteroatoms. The lowest BCUT2D eigenvalue weighted by Gasteiger charge is -2.31. The summed E-state index contributed by atoms with van der Waals surface area (Å²) in [6, 6.07) is 15.5. The molecule has 0 radical (unpaired) electrons. The molecule has 36 heavy (non-hydrogen) atoms. The fraction of sp³-hybridized carbons (Fsp3) is 0.231. The molecule has 0 aliphatic carbocycles. The number of carbonyl (C=O) groups excluding carboxylic acids is 2. The first-order valence-corrected chi connectivity index (χ1v) is 11.3. The molecule has 1 heterocycles. The van der Waals surface area contributed by atoms with Gasteiger partial charge in [0.05, 0.1) is 12.1 Å². The van der Waals surface area contributed by atoms with Crippen molar-refractivity contribution in [3.05, 3.63) is 89.5 Å². The summed E-state index contributed by atoms with van der Waals surface area (Å²) >= 11 is 0. The van der Waals surface area contributed by atoms with Gasteiger partial charge in [-0.2, -0.15) is 0 Å². The molecule has 8 nitrogen and oxygen atoms in total. The quantitative estimate of drug-likeness (QED) is 0.360. The van der Waals surface area contributed by atoms with Gasteiger partial charge in [0.1, 0.15) is 29.7 Å². The van der Waals surface area contributed by atoms with Crippen molar-refractivity contribution in [3.63, 3.8) is 0 Å². The van der Waals surface area contributed by atoms with Crippen molar-refractivity contribution in [3.8, 4) is 0 Å². The van der Waals surface area contributed by atoms with Crippen molar-refractivity contribution in [1.82, 2.24) is 20.3 Å². The van der Waals surface area contributed by atoms with Crippen LogP contribution in [0.4, 0.5) is 14.5 Å². The van der Waals surface area contributed by atoms with Crippen molar-refractivity contribution in [2.45, 2.75) is 19.5 Å². The van der Waals surface area contributed by atoms with Gasteiger partial charge in [-0.25, -0.2) is 13.5 Å². The average Bonchev–Trinajstić information content (AvgIpc) is 3.27. The van der Waals surface area contributed by atoms with Gasteiger partial charge in [0, 0.05) is 19.3 Å². The molecule has 4 aromatic rings. The number of nitrogens with one attached hydrogen (secondary N) is 1. The van der Waals surface area contributed by atoms with Crippen LogP contribution in [0.15, 0.2) is 66.7 Å². The maximum Gasteiger partial charge on any atom is 0.249 e. The van der Waals surface area contributed by atoms with Crippen LogP contribution in [-0.4, -0.2) is 47.1 Å². The van der Waals surface area contributed by atoms with Crippen LogP contribution in [0.2, 0.25) is 0 Å². The van der Waals surface area contributed by atoms with Crippen LogP contribution in [0.3, 0.4) is 0 Å². The Kier molecular flexibility index (Phi) is 7.65. The number of benzene rings is 3. The lowest BCUT2D eigenvalue weighted by Crippen LogP contribution is -2.46. The molecule has 1 aromatic heterocycles. The highest BCUT2D eigenvalue weighted by molar-refractivity contribution is 6.01. The van der Waals surface area contributed by atoms with Crippen molar-refractivity contribution in [2.24, 2.45) is 0 Å². The normalized spacial score (nSPS) is 11.9. The minimum absolute atomic E-state index is 0.170. The predicted octanol–water partition coefficient (Wildman–Crippen LogP) is 3.56. The van der Waals surface area contributed by atoms with E-state index in [9.17, 15) is 18.4 Å². The molecule has 0 bridgehead atoms. The summed E-state index contributed by atoms with van der Waals surface area (Å²) in [6.45, 7) is 1.77. The van der Waals surface area contributed by atoms with Gasteiger partial charge in [0.2, 0.25) is 11.8 Å². The average molecular weight is 494 g/mol. The maximum atomic E-state index is 14.6. The third kappa shape index (κ3) is 5.38.